The first-order valence-corrected chi connectivity index (χ1v) is 7.89. The number of nitrogens with zero attached hydrogens (tertiary/aromatic N) is 2. The van der Waals surface area contributed by atoms with Crippen LogP contribution in [0.3, 0.4) is 0 Å². The molecule has 2 unspecified atom stereocenters. The molecule has 8 heteroatoms. The summed E-state index contributed by atoms with van der Waals surface area (Å²) in [7, 11) is 0. The van der Waals surface area contributed by atoms with Gasteiger partial charge in [-0.15, -0.1) is 0 Å². The molecule has 2 aromatic rings. The second kappa shape index (κ2) is 6.78. The highest BCUT2D eigenvalue weighted by Gasteiger charge is 2.51. The summed E-state index contributed by atoms with van der Waals surface area (Å²) >= 11 is 0. The van der Waals surface area contributed by atoms with Crippen molar-refractivity contribution in [2.45, 2.75) is 31.1 Å². The second-order valence-corrected chi connectivity index (χ2v) is 6.14. The number of nitrogens with one attached hydrogen (secondary N) is 1. The Labute approximate surface area is 147 Å². The second-order valence-electron chi connectivity index (χ2n) is 6.14. The molecule has 0 bridgehead atoms. The van der Waals surface area contributed by atoms with Crippen molar-refractivity contribution in [3.8, 4) is 11.5 Å². The lowest BCUT2D eigenvalue weighted by atomic mass is 9.94. The molecule has 136 valence electrons. The zero-order chi connectivity index (χ0) is 18.8. The molecular formula is C18H16F3N3O2. The molecule has 0 aromatic heterocycles. The summed E-state index contributed by atoms with van der Waals surface area (Å²) in [5.41, 5.74) is -1.11. The Morgan fingerprint density at radius 3 is 2.31 bits per heavy atom. The van der Waals surface area contributed by atoms with Crippen molar-refractivity contribution in [1.29, 1.82) is 0 Å². The summed E-state index contributed by atoms with van der Waals surface area (Å²) in [5, 5.41) is 9.33. The Hall–Kier alpha value is -2.90. The number of hydrogen-bond acceptors (Lipinski definition) is 4. The molecule has 0 radical (unpaired) electrons. The van der Waals surface area contributed by atoms with Gasteiger partial charge in [-0.1, -0.05) is 18.2 Å². The number of alkyl halides is 3. The van der Waals surface area contributed by atoms with Crippen molar-refractivity contribution in [3.05, 3.63) is 54.6 Å². The van der Waals surface area contributed by atoms with E-state index >= 15 is 0 Å². The summed E-state index contributed by atoms with van der Waals surface area (Å²) in [5.74, 6) is 0.601. The number of carbonyl (C=O) groups excluding carboxylic acids is 1. The SMILES string of the molecule is CC1(C(=O)Nc2ccc(Oc3ccccc3)cc2)CC(C(F)(F)F)N=N1. The molecule has 2 aromatic carbocycles. The third-order valence-corrected chi connectivity index (χ3v) is 3.97. The number of hydrogen-bond donors (Lipinski definition) is 1. The topological polar surface area (TPSA) is 63.0 Å². The highest BCUT2D eigenvalue weighted by atomic mass is 19.4. The Kier molecular flexibility index (Phi) is 4.67. The minimum absolute atomic E-state index is 0.433. The molecule has 2 atom stereocenters. The third kappa shape index (κ3) is 4.01. The fourth-order valence-electron chi connectivity index (χ4n) is 2.47. The van der Waals surface area contributed by atoms with Gasteiger partial charge in [0.25, 0.3) is 5.91 Å². The average molecular weight is 363 g/mol. The van der Waals surface area contributed by atoms with Gasteiger partial charge in [0, 0.05) is 12.1 Å². The molecule has 0 aliphatic carbocycles. The Bertz CT molecular complexity index is 807. The Balaban J connectivity index is 1.62. The number of rotatable bonds is 4. The summed E-state index contributed by atoms with van der Waals surface area (Å²) in [4.78, 5) is 12.3. The van der Waals surface area contributed by atoms with Crippen LogP contribution in [-0.2, 0) is 4.79 Å². The van der Waals surface area contributed by atoms with Crippen molar-refractivity contribution in [3.63, 3.8) is 0 Å². The van der Waals surface area contributed by atoms with Crippen molar-refractivity contribution in [1.82, 2.24) is 0 Å². The van der Waals surface area contributed by atoms with Crippen molar-refractivity contribution in [2.24, 2.45) is 10.2 Å². The number of anilines is 1. The standard InChI is InChI=1S/C18H16F3N3O2/c1-17(11-15(23-24-17)18(19,20)21)16(25)22-12-7-9-14(10-8-12)26-13-5-3-2-4-6-13/h2-10,15H,11H2,1H3,(H,22,25). The van der Waals surface area contributed by atoms with E-state index in [-0.39, 0.29) is 0 Å². The summed E-state index contributed by atoms with van der Waals surface area (Å²) in [6.45, 7) is 1.34. The highest BCUT2D eigenvalue weighted by Crippen LogP contribution is 2.37. The van der Waals surface area contributed by atoms with Gasteiger partial charge in [-0.25, -0.2) is 0 Å². The monoisotopic (exact) mass is 363 g/mol. The quantitative estimate of drug-likeness (QED) is 0.834. The maximum Gasteiger partial charge on any atom is 0.412 e. The number of halogens is 3. The highest BCUT2D eigenvalue weighted by molar-refractivity contribution is 5.98. The molecule has 1 heterocycles. The largest absolute Gasteiger partial charge is 0.457 e. The molecule has 0 spiro atoms. The molecule has 5 nitrogen and oxygen atoms in total. The molecule has 26 heavy (non-hydrogen) atoms. The molecule has 0 saturated heterocycles. The van der Waals surface area contributed by atoms with Crippen LogP contribution in [0.2, 0.25) is 0 Å². The van der Waals surface area contributed by atoms with Crippen LogP contribution in [0, 0.1) is 0 Å². The summed E-state index contributed by atoms with van der Waals surface area (Å²) in [6, 6.07) is 13.7. The van der Waals surface area contributed by atoms with E-state index in [9.17, 15) is 18.0 Å². The minimum Gasteiger partial charge on any atom is -0.457 e. The van der Waals surface area contributed by atoms with Gasteiger partial charge in [-0.2, -0.15) is 23.4 Å². The number of ether oxygens (including phenoxy) is 1. The maximum absolute atomic E-state index is 12.7. The van der Waals surface area contributed by atoms with Gasteiger partial charge in [0.2, 0.25) is 0 Å². The van der Waals surface area contributed by atoms with Crippen LogP contribution < -0.4 is 10.1 Å². The van der Waals surface area contributed by atoms with E-state index in [1.165, 1.54) is 6.92 Å². The lowest BCUT2D eigenvalue weighted by Crippen LogP contribution is -2.40. The molecule has 1 aliphatic rings. The first-order valence-electron chi connectivity index (χ1n) is 7.89. The summed E-state index contributed by atoms with van der Waals surface area (Å²) in [6.07, 6.45) is -5.00. The van der Waals surface area contributed by atoms with E-state index < -0.39 is 30.1 Å². The van der Waals surface area contributed by atoms with Crippen LogP contribution >= 0.6 is 0 Å². The van der Waals surface area contributed by atoms with Crippen molar-refractivity contribution >= 4 is 11.6 Å². The molecule has 1 N–H and O–H groups in total. The fraction of sp³-hybridized carbons (Fsp3) is 0.278. The van der Waals surface area contributed by atoms with Gasteiger partial charge in [0.15, 0.2) is 11.6 Å². The number of azo groups is 1. The third-order valence-electron chi connectivity index (χ3n) is 3.97. The molecule has 3 rings (SSSR count). The number of carbonyl (C=O) groups is 1. The lowest BCUT2D eigenvalue weighted by Gasteiger charge is -2.20. The minimum atomic E-state index is -4.50. The van der Waals surface area contributed by atoms with Gasteiger partial charge in [-0.05, 0) is 43.3 Å². The van der Waals surface area contributed by atoms with Gasteiger partial charge < -0.3 is 10.1 Å². The molecule has 0 saturated carbocycles. The van der Waals surface area contributed by atoms with Crippen LogP contribution in [-0.4, -0.2) is 23.7 Å². The van der Waals surface area contributed by atoms with E-state index in [1.807, 2.05) is 18.2 Å². The van der Waals surface area contributed by atoms with Crippen LogP contribution in [0.4, 0.5) is 18.9 Å². The van der Waals surface area contributed by atoms with Gasteiger partial charge in [0.1, 0.15) is 11.5 Å². The first kappa shape index (κ1) is 17.9. The predicted octanol–water partition coefficient (Wildman–Crippen LogP) is 4.96. The Morgan fingerprint density at radius 2 is 1.73 bits per heavy atom. The van der Waals surface area contributed by atoms with E-state index in [2.05, 4.69) is 15.5 Å². The zero-order valence-electron chi connectivity index (χ0n) is 13.8. The van der Waals surface area contributed by atoms with Crippen LogP contribution in [0.25, 0.3) is 0 Å². The number of benzene rings is 2. The fourth-order valence-corrected chi connectivity index (χ4v) is 2.47. The van der Waals surface area contributed by atoms with Gasteiger partial charge in [-0.3, -0.25) is 4.79 Å². The maximum atomic E-state index is 12.7. The first-order chi connectivity index (χ1) is 12.3. The van der Waals surface area contributed by atoms with Gasteiger partial charge >= 0.3 is 6.18 Å². The Morgan fingerprint density at radius 1 is 1.12 bits per heavy atom. The van der Waals surface area contributed by atoms with Crippen LogP contribution in [0.15, 0.2) is 64.8 Å². The zero-order valence-corrected chi connectivity index (χ0v) is 13.8. The summed E-state index contributed by atoms with van der Waals surface area (Å²) < 4.78 is 43.8. The van der Waals surface area contributed by atoms with E-state index in [0.29, 0.717) is 17.2 Å². The smallest absolute Gasteiger partial charge is 0.412 e. The predicted molar refractivity (Wildman–Crippen MR) is 89.3 cm³/mol. The van der Waals surface area contributed by atoms with Crippen molar-refractivity contribution in [2.75, 3.05) is 5.32 Å². The molecule has 1 aliphatic heterocycles. The van der Waals surface area contributed by atoms with Crippen LogP contribution in [0.5, 0.6) is 11.5 Å². The van der Waals surface area contributed by atoms with E-state index in [1.54, 1.807) is 36.4 Å². The number of para-hydroxylation sites is 1. The lowest BCUT2D eigenvalue weighted by molar-refractivity contribution is -0.148. The number of amides is 1. The average Bonchev–Trinajstić information content (AvgIpc) is 3.02. The van der Waals surface area contributed by atoms with E-state index in [0.717, 1.165) is 0 Å². The van der Waals surface area contributed by atoms with E-state index in [4.69, 9.17) is 4.74 Å². The molecular weight excluding hydrogens is 347 g/mol. The van der Waals surface area contributed by atoms with Crippen LogP contribution in [0.1, 0.15) is 13.3 Å². The van der Waals surface area contributed by atoms with Gasteiger partial charge in [0.05, 0.1) is 0 Å². The van der Waals surface area contributed by atoms with Crippen molar-refractivity contribution < 1.29 is 22.7 Å². The molecule has 0 fully saturated rings. The normalized spacial score (nSPS) is 22.2. The molecule has 1 amide bonds.